The van der Waals surface area contributed by atoms with Crippen molar-refractivity contribution in [2.24, 2.45) is 27.9 Å². The number of nitrogens with one attached hydrogen (secondary N) is 4. The zero-order valence-electron chi connectivity index (χ0n) is 23.2. The van der Waals surface area contributed by atoms with Gasteiger partial charge in [0.25, 0.3) is 0 Å². The quantitative estimate of drug-likeness (QED) is 0.0477. The number of aliphatic carboxylic acids is 2. The second-order valence-corrected chi connectivity index (χ2v) is 9.74. The van der Waals surface area contributed by atoms with E-state index < -0.39 is 72.6 Å². The Labute approximate surface area is 245 Å². The summed E-state index contributed by atoms with van der Waals surface area (Å²) in [6.07, 6.45) is 0.437. The number of carbonyl (C=O) groups excluding carboxylic acids is 4. The molecule has 1 aromatic carbocycles. The summed E-state index contributed by atoms with van der Waals surface area (Å²) < 4.78 is 0. The van der Waals surface area contributed by atoms with Crippen molar-refractivity contribution < 1.29 is 39.0 Å². The number of aliphatic imine (C=N–C) groups is 1. The average Bonchev–Trinajstić information content (AvgIpc) is 3.34. The van der Waals surface area contributed by atoms with Gasteiger partial charge in [0.2, 0.25) is 23.6 Å². The van der Waals surface area contributed by atoms with Gasteiger partial charge in [0.1, 0.15) is 18.1 Å². The largest absolute Gasteiger partial charge is 0.481 e. The van der Waals surface area contributed by atoms with Crippen LogP contribution >= 0.6 is 0 Å². The van der Waals surface area contributed by atoms with Gasteiger partial charge in [-0.1, -0.05) is 18.2 Å². The summed E-state index contributed by atoms with van der Waals surface area (Å²) in [6.45, 7) is 0.212. The van der Waals surface area contributed by atoms with Crippen LogP contribution in [0.25, 0.3) is 10.9 Å². The minimum absolute atomic E-state index is 0.126. The molecule has 0 aliphatic heterocycles. The van der Waals surface area contributed by atoms with Gasteiger partial charge in [0, 0.05) is 36.5 Å². The fraction of sp³-hybridized carbons (Fsp3) is 0.423. The number of aromatic nitrogens is 1. The second-order valence-electron chi connectivity index (χ2n) is 9.74. The van der Waals surface area contributed by atoms with E-state index in [0.717, 1.165) is 10.9 Å². The molecule has 0 aliphatic carbocycles. The number of benzene rings is 1. The summed E-state index contributed by atoms with van der Waals surface area (Å²) in [5.74, 6) is -6.48. The van der Waals surface area contributed by atoms with Crippen molar-refractivity contribution >= 4 is 52.4 Å². The maximum atomic E-state index is 13.4. The minimum Gasteiger partial charge on any atom is -0.481 e. The van der Waals surface area contributed by atoms with E-state index in [-0.39, 0.29) is 31.8 Å². The van der Waals surface area contributed by atoms with Crippen molar-refractivity contribution in [3.8, 4) is 0 Å². The molecule has 0 aliphatic rings. The number of H-pyrrole nitrogens is 1. The van der Waals surface area contributed by atoms with Crippen molar-refractivity contribution in [1.29, 1.82) is 0 Å². The highest BCUT2D eigenvalue weighted by Gasteiger charge is 2.31. The summed E-state index contributed by atoms with van der Waals surface area (Å²) >= 11 is 0. The molecule has 0 saturated carbocycles. The molecule has 2 aromatic rings. The minimum atomic E-state index is -1.67. The van der Waals surface area contributed by atoms with Gasteiger partial charge in [-0.3, -0.25) is 29.0 Å². The van der Waals surface area contributed by atoms with Crippen LogP contribution in [0, 0.1) is 0 Å². The Morgan fingerprint density at radius 3 is 2.12 bits per heavy atom. The Kier molecular flexibility index (Phi) is 12.9. The fourth-order valence-corrected chi connectivity index (χ4v) is 4.14. The number of guanidine groups is 1. The monoisotopic (exact) mass is 603 g/mol. The molecule has 4 unspecified atom stereocenters. The fourth-order valence-electron chi connectivity index (χ4n) is 4.14. The van der Waals surface area contributed by atoms with Crippen molar-refractivity contribution in [3.63, 3.8) is 0 Å². The smallest absolute Gasteiger partial charge is 0.326 e. The highest BCUT2D eigenvalue weighted by atomic mass is 16.4. The molecule has 0 bridgehead atoms. The Morgan fingerprint density at radius 2 is 1.49 bits per heavy atom. The number of amides is 4. The average molecular weight is 604 g/mol. The van der Waals surface area contributed by atoms with Crippen molar-refractivity contribution in [2.45, 2.75) is 62.7 Å². The Morgan fingerprint density at radius 1 is 0.860 bits per heavy atom. The first-order valence-electron chi connectivity index (χ1n) is 13.3. The molecule has 1 aromatic heterocycles. The lowest BCUT2D eigenvalue weighted by Gasteiger charge is -2.25. The van der Waals surface area contributed by atoms with Gasteiger partial charge in [-0.2, -0.15) is 0 Å². The Balaban J connectivity index is 2.28. The lowest BCUT2D eigenvalue weighted by atomic mass is 10.0. The molecule has 0 fully saturated rings. The van der Waals surface area contributed by atoms with Crippen LogP contribution in [-0.4, -0.2) is 87.4 Å². The molecular formula is C26H37N9O8. The van der Waals surface area contributed by atoms with Gasteiger partial charge in [-0.15, -0.1) is 0 Å². The number of aromatic amines is 1. The van der Waals surface area contributed by atoms with E-state index in [9.17, 15) is 39.0 Å². The molecule has 14 N–H and O–H groups in total. The third-order valence-corrected chi connectivity index (χ3v) is 6.34. The summed E-state index contributed by atoms with van der Waals surface area (Å²) in [4.78, 5) is 80.4. The number of carbonyl (C=O) groups is 6. The highest BCUT2D eigenvalue weighted by molar-refractivity contribution is 5.95. The first-order chi connectivity index (χ1) is 20.3. The first kappa shape index (κ1) is 34.0. The van der Waals surface area contributed by atoms with Crippen molar-refractivity contribution in [2.75, 3.05) is 6.54 Å². The standard InChI is InChI=1S/C26H37N9O8/c27-15(5-3-9-31-26(29)30)22(39)33-17(7-8-21(37)38)23(40)34-18(24(41)35-19(25(42)43)11-20(28)36)10-13-12-32-16-6-2-1-4-14(13)16/h1-2,4,6,12,15,17-19,32H,3,5,7-11,27H2,(H2,28,36)(H,33,39)(H,34,40)(H,35,41)(H,37,38)(H,42,43)(H4,29,30,31). The van der Waals surface area contributed by atoms with Crippen LogP contribution in [0.1, 0.15) is 37.7 Å². The van der Waals surface area contributed by atoms with E-state index in [1.807, 2.05) is 0 Å². The predicted molar refractivity (Wildman–Crippen MR) is 154 cm³/mol. The maximum Gasteiger partial charge on any atom is 0.326 e. The molecule has 0 spiro atoms. The van der Waals surface area contributed by atoms with Crippen LogP contribution in [0.5, 0.6) is 0 Å². The number of para-hydroxylation sites is 1. The van der Waals surface area contributed by atoms with Gasteiger partial charge in [-0.25, -0.2) is 4.79 Å². The molecule has 43 heavy (non-hydrogen) atoms. The summed E-state index contributed by atoms with van der Waals surface area (Å²) in [5.41, 5.74) is 22.9. The summed E-state index contributed by atoms with van der Waals surface area (Å²) in [5, 5.41) is 26.5. The van der Waals surface area contributed by atoms with E-state index in [1.165, 1.54) is 0 Å². The zero-order chi connectivity index (χ0) is 32.1. The van der Waals surface area contributed by atoms with Gasteiger partial charge >= 0.3 is 11.9 Å². The number of carboxylic acids is 2. The predicted octanol–water partition coefficient (Wildman–Crippen LogP) is -2.63. The van der Waals surface area contributed by atoms with Crippen LogP contribution in [0.4, 0.5) is 0 Å². The number of carboxylic acid groups (broad SMARTS) is 2. The number of hydrogen-bond donors (Lipinski definition) is 10. The maximum absolute atomic E-state index is 13.4. The molecule has 17 nitrogen and oxygen atoms in total. The highest BCUT2D eigenvalue weighted by Crippen LogP contribution is 2.19. The third-order valence-electron chi connectivity index (χ3n) is 6.34. The molecule has 0 saturated heterocycles. The van der Waals surface area contributed by atoms with Gasteiger partial charge in [0.15, 0.2) is 5.96 Å². The van der Waals surface area contributed by atoms with E-state index >= 15 is 0 Å². The molecule has 0 radical (unpaired) electrons. The number of rotatable bonds is 18. The Bertz CT molecular complexity index is 1360. The molecule has 234 valence electrons. The Hall–Kier alpha value is -5.19. The molecule has 2 rings (SSSR count). The van der Waals surface area contributed by atoms with E-state index in [4.69, 9.17) is 22.9 Å². The van der Waals surface area contributed by atoms with Gasteiger partial charge in [0.05, 0.1) is 12.5 Å². The van der Waals surface area contributed by atoms with Crippen LogP contribution in [0.3, 0.4) is 0 Å². The molecular weight excluding hydrogens is 566 g/mol. The van der Waals surface area contributed by atoms with Crippen LogP contribution in [-0.2, 0) is 35.2 Å². The van der Waals surface area contributed by atoms with Crippen LogP contribution < -0.4 is 38.9 Å². The second kappa shape index (κ2) is 16.3. The number of primary amides is 1. The van der Waals surface area contributed by atoms with Gasteiger partial charge in [-0.05, 0) is 30.9 Å². The number of hydrogen-bond acceptors (Lipinski definition) is 8. The van der Waals surface area contributed by atoms with Crippen LogP contribution in [0.15, 0.2) is 35.5 Å². The third kappa shape index (κ3) is 11.3. The lowest BCUT2D eigenvalue weighted by molar-refractivity contribution is -0.143. The number of nitrogens with two attached hydrogens (primary N) is 4. The zero-order valence-corrected chi connectivity index (χ0v) is 23.2. The van der Waals surface area contributed by atoms with Gasteiger partial charge < -0.3 is 54.1 Å². The van der Waals surface area contributed by atoms with E-state index in [1.54, 1.807) is 30.5 Å². The number of nitrogens with zero attached hydrogens (tertiary/aromatic N) is 1. The number of fused-ring (bicyclic) bond motifs is 1. The van der Waals surface area contributed by atoms with E-state index in [2.05, 4.69) is 25.9 Å². The normalized spacial score (nSPS) is 13.6. The molecule has 4 amide bonds. The summed E-state index contributed by atoms with van der Waals surface area (Å²) in [7, 11) is 0. The van der Waals surface area contributed by atoms with E-state index in [0.29, 0.717) is 12.0 Å². The van der Waals surface area contributed by atoms with Crippen molar-refractivity contribution in [3.05, 3.63) is 36.0 Å². The SMILES string of the molecule is NC(=O)CC(NC(=O)C(Cc1c[nH]c2ccccc12)NC(=O)C(CCC(=O)O)NC(=O)C(N)CCCN=C(N)N)C(=O)O. The molecule has 4 atom stereocenters. The summed E-state index contributed by atoms with van der Waals surface area (Å²) in [6, 6.07) is 1.55. The topological polar surface area (TPSA) is 311 Å². The first-order valence-corrected chi connectivity index (χ1v) is 13.3. The van der Waals surface area contributed by atoms with Crippen molar-refractivity contribution in [1.82, 2.24) is 20.9 Å². The van der Waals surface area contributed by atoms with Crippen LogP contribution in [0.2, 0.25) is 0 Å². The molecule has 1 heterocycles. The lowest BCUT2D eigenvalue weighted by Crippen LogP contribution is -2.58. The molecule has 17 heteroatoms.